The van der Waals surface area contributed by atoms with Crippen molar-refractivity contribution in [3.63, 3.8) is 0 Å². The van der Waals surface area contributed by atoms with Gasteiger partial charge in [0, 0.05) is 18.1 Å². The summed E-state index contributed by atoms with van der Waals surface area (Å²) in [7, 11) is 1.79. The second-order valence-electron chi connectivity index (χ2n) is 5.07. The smallest absolute Gasteiger partial charge is 0.242 e. The Balaban J connectivity index is 1.77. The van der Waals surface area contributed by atoms with E-state index in [0.29, 0.717) is 26.3 Å². The molecule has 0 aliphatic carbocycles. The van der Waals surface area contributed by atoms with E-state index in [2.05, 4.69) is 21.2 Å². The first-order valence-corrected chi connectivity index (χ1v) is 7.85. The van der Waals surface area contributed by atoms with Crippen LogP contribution >= 0.6 is 15.9 Å². The number of nitrogens with zero attached hydrogens (tertiary/aromatic N) is 1. The van der Waals surface area contributed by atoms with Crippen LogP contribution in [0.5, 0.6) is 5.75 Å². The minimum atomic E-state index is -0.267. The Bertz CT molecular complexity index is 466. The molecule has 0 spiro atoms. The van der Waals surface area contributed by atoms with Gasteiger partial charge in [0.1, 0.15) is 18.4 Å². The van der Waals surface area contributed by atoms with Crippen LogP contribution in [0.15, 0.2) is 28.7 Å². The molecule has 1 heterocycles. The lowest BCUT2D eigenvalue weighted by Gasteiger charge is -2.32. The van der Waals surface area contributed by atoms with Gasteiger partial charge >= 0.3 is 0 Å². The quantitative estimate of drug-likeness (QED) is 0.871. The van der Waals surface area contributed by atoms with E-state index in [4.69, 9.17) is 9.47 Å². The van der Waals surface area contributed by atoms with E-state index < -0.39 is 0 Å². The highest BCUT2D eigenvalue weighted by Gasteiger charge is 2.30. The maximum absolute atomic E-state index is 12.3. The first kappa shape index (κ1) is 16.3. The monoisotopic (exact) mass is 356 g/mol. The van der Waals surface area contributed by atoms with Gasteiger partial charge in [0.15, 0.2) is 0 Å². The number of likely N-dealkylation sites (N-methyl/N-ethyl adjacent to an activating group) is 1. The first-order valence-electron chi connectivity index (χ1n) is 7.06. The lowest BCUT2D eigenvalue weighted by molar-refractivity contribution is -0.138. The number of hydrogen-bond acceptors (Lipinski definition) is 4. The molecule has 0 saturated carbocycles. The van der Waals surface area contributed by atoms with Gasteiger partial charge in [-0.2, -0.15) is 0 Å². The summed E-state index contributed by atoms with van der Waals surface area (Å²) in [6, 6.07) is 7.37. The van der Waals surface area contributed by atoms with E-state index in [1.54, 1.807) is 11.9 Å². The summed E-state index contributed by atoms with van der Waals surface area (Å²) in [6.45, 7) is 4.29. The molecule has 2 rings (SSSR count). The van der Waals surface area contributed by atoms with E-state index in [1.807, 2.05) is 31.2 Å². The van der Waals surface area contributed by atoms with Crippen molar-refractivity contribution < 1.29 is 14.3 Å². The number of ether oxygens (including phenoxy) is 2. The number of morpholine rings is 1. The zero-order chi connectivity index (χ0) is 15.2. The number of benzene rings is 1. The summed E-state index contributed by atoms with van der Waals surface area (Å²) in [6.07, 6.45) is -0.0962. The summed E-state index contributed by atoms with van der Waals surface area (Å²) < 4.78 is 12.1. The fourth-order valence-corrected chi connectivity index (χ4v) is 2.45. The lowest BCUT2D eigenvalue weighted by Crippen LogP contribution is -2.56. The Morgan fingerprint density at radius 2 is 2.19 bits per heavy atom. The van der Waals surface area contributed by atoms with Crippen LogP contribution in [0, 0.1) is 0 Å². The Morgan fingerprint density at radius 3 is 2.86 bits per heavy atom. The molecule has 0 bridgehead atoms. The molecule has 1 saturated heterocycles. The SMILES string of the molecule is C[C@H]1OCCN[C@@H]1C(=O)N(C)CCOc1ccc(Br)cc1. The number of hydrogen-bond donors (Lipinski definition) is 1. The van der Waals surface area contributed by atoms with E-state index in [1.165, 1.54) is 0 Å². The van der Waals surface area contributed by atoms with Crippen LogP contribution in [0.3, 0.4) is 0 Å². The molecular formula is C15H21BrN2O3. The third-order valence-electron chi connectivity index (χ3n) is 3.47. The number of nitrogens with one attached hydrogen (secondary N) is 1. The number of rotatable bonds is 5. The summed E-state index contributed by atoms with van der Waals surface area (Å²) in [5.74, 6) is 0.841. The highest BCUT2D eigenvalue weighted by Crippen LogP contribution is 2.16. The normalized spacial score (nSPS) is 21.9. The largest absolute Gasteiger partial charge is 0.492 e. The third kappa shape index (κ3) is 4.69. The standard InChI is InChI=1S/C15H21BrN2O3/c1-11-14(17-7-9-20-11)15(19)18(2)8-10-21-13-5-3-12(16)4-6-13/h3-6,11,14,17H,7-10H2,1-2H3/t11-,14+/m1/s1. The molecule has 1 aliphatic heterocycles. The molecule has 6 heteroatoms. The zero-order valence-electron chi connectivity index (χ0n) is 12.3. The summed E-state index contributed by atoms with van der Waals surface area (Å²) >= 11 is 3.38. The first-order chi connectivity index (χ1) is 10.1. The predicted molar refractivity (Wildman–Crippen MR) is 84.5 cm³/mol. The zero-order valence-corrected chi connectivity index (χ0v) is 13.9. The molecular weight excluding hydrogens is 336 g/mol. The molecule has 0 radical (unpaired) electrons. The highest BCUT2D eigenvalue weighted by molar-refractivity contribution is 9.10. The summed E-state index contributed by atoms with van der Waals surface area (Å²) in [4.78, 5) is 14.0. The molecule has 1 aromatic carbocycles. The fraction of sp³-hybridized carbons (Fsp3) is 0.533. The van der Waals surface area contributed by atoms with Gasteiger partial charge in [-0.1, -0.05) is 15.9 Å². The van der Waals surface area contributed by atoms with Crippen molar-refractivity contribution in [3.8, 4) is 5.75 Å². The molecule has 0 unspecified atom stereocenters. The van der Waals surface area contributed by atoms with Crippen molar-refractivity contribution in [2.75, 3.05) is 33.4 Å². The van der Waals surface area contributed by atoms with Gasteiger partial charge in [-0.05, 0) is 31.2 Å². The summed E-state index contributed by atoms with van der Waals surface area (Å²) in [5, 5.41) is 3.20. The second kappa shape index (κ2) is 7.77. The average Bonchev–Trinajstić information content (AvgIpc) is 2.49. The van der Waals surface area contributed by atoms with Crippen molar-refractivity contribution in [2.24, 2.45) is 0 Å². The number of amides is 1. The fourth-order valence-electron chi connectivity index (χ4n) is 2.19. The van der Waals surface area contributed by atoms with Crippen molar-refractivity contribution in [1.29, 1.82) is 0 Å². The topological polar surface area (TPSA) is 50.8 Å². The Labute approximate surface area is 133 Å². The average molecular weight is 357 g/mol. The maximum Gasteiger partial charge on any atom is 0.242 e. The Kier molecular flexibility index (Phi) is 6.02. The van der Waals surface area contributed by atoms with E-state index in [9.17, 15) is 4.79 Å². The van der Waals surface area contributed by atoms with Crippen LogP contribution in [-0.4, -0.2) is 56.3 Å². The van der Waals surface area contributed by atoms with Crippen LogP contribution < -0.4 is 10.1 Å². The van der Waals surface area contributed by atoms with Crippen molar-refractivity contribution in [3.05, 3.63) is 28.7 Å². The molecule has 1 aliphatic rings. The van der Waals surface area contributed by atoms with E-state index >= 15 is 0 Å². The van der Waals surface area contributed by atoms with Crippen LogP contribution in [0.2, 0.25) is 0 Å². The van der Waals surface area contributed by atoms with Gasteiger partial charge in [0.05, 0.1) is 19.3 Å². The molecule has 0 aromatic heterocycles. The predicted octanol–water partition coefficient (Wildman–Crippen LogP) is 1.66. The molecule has 1 N–H and O–H groups in total. The highest BCUT2D eigenvalue weighted by atomic mass is 79.9. The molecule has 116 valence electrons. The molecule has 2 atom stereocenters. The lowest BCUT2D eigenvalue weighted by atomic mass is 10.1. The van der Waals surface area contributed by atoms with Gasteiger partial charge in [0.2, 0.25) is 5.91 Å². The molecule has 1 amide bonds. The van der Waals surface area contributed by atoms with Crippen LogP contribution in [-0.2, 0) is 9.53 Å². The van der Waals surface area contributed by atoms with Crippen molar-refractivity contribution in [2.45, 2.75) is 19.1 Å². The molecule has 1 aromatic rings. The van der Waals surface area contributed by atoms with Crippen LogP contribution in [0.25, 0.3) is 0 Å². The van der Waals surface area contributed by atoms with Crippen LogP contribution in [0.1, 0.15) is 6.92 Å². The van der Waals surface area contributed by atoms with Gasteiger partial charge in [0.25, 0.3) is 0 Å². The number of carbonyl (C=O) groups is 1. The minimum Gasteiger partial charge on any atom is -0.492 e. The van der Waals surface area contributed by atoms with Gasteiger partial charge in [-0.25, -0.2) is 0 Å². The Morgan fingerprint density at radius 1 is 1.48 bits per heavy atom. The van der Waals surface area contributed by atoms with E-state index in [0.717, 1.165) is 10.2 Å². The Hall–Kier alpha value is -1.11. The molecule has 21 heavy (non-hydrogen) atoms. The second-order valence-corrected chi connectivity index (χ2v) is 5.99. The minimum absolute atomic E-state index is 0.0432. The van der Waals surface area contributed by atoms with Crippen LogP contribution in [0.4, 0.5) is 0 Å². The molecule has 5 nitrogen and oxygen atoms in total. The number of halogens is 1. The molecule has 1 fully saturated rings. The third-order valence-corrected chi connectivity index (χ3v) is 4.00. The van der Waals surface area contributed by atoms with Gasteiger partial charge in [-0.15, -0.1) is 0 Å². The van der Waals surface area contributed by atoms with E-state index in [-0.39, 0.29) is 18.1 Å². The van der Waals surface area contributed by atoms with Gasteiger partial charge in [-0.3, -0.25) is 4.79 Å². The van der Waals surface area contributed by atoms with Gasteiger partial charge < -0.3 is 19.7 Å². The summed E-state index contributed by atoms with van der Waals surface area (Å²) in [5.41, 5.74) is 0. The maximum atomic E-state index is 12.3. The van der Waals surface area contributed by atoms with Crippen molar-refractivity contribution >= 4 is 21.8 Å². The number of carbonyl (C=O) groups excluding carboxylic acids is 1. The van der Waals surface area contributed by atoms with Crippen molar-refractivity contribution in [1.82, 2.24) is 10.2 Å².